The Morgan fingerprint density at radius 2 is 1.92 bits per heavy atom. The van der Waals surface area contributed by atoms with E-state index in [0.29, 0.717) is 0 Å². The topological polar surface area (TPSA) is 15.6 Å². The van der Waals surface area contributed by atoms with E-state index in [2.05, 4.69) is 29.4 Å². The molecule has 0 saturated heterocycles. The minimum absolute atomic E-state index is 1.00. The molecule has 0 aliphatic heterocycles. The Bertz CT molecular complexity index is 252. The summed E-state index contributed by atoms with van der Waals surface area (Å²) < 4.78 is 0. The predicted octanol–water partition coefficient (Wildman–Crippen LogP) is 2.17. The standard InChI is InChI=1S/C11H16N2/c1-13(2)12-10-6-9-11-7-4-3-5-8-11/h3-5,7-8,10H,6,9H2,1-2H3/b12-10+. The number of aryl methyl sites for hydroxylation is 1. The Morgan fingerprint density at radius 3 is 2.54 bits per heavy atom. The van der Waals surface area contributed by atoms with Crippen LogP contribution in [0.3, 0.4) is 0 Å². The van der Waals surface area contributed by atoms with Gasteiger partial charge in [0.05, 0.1) is 0 Å². The molecule has 0 atom stereocenters. The second kappa shape index (κ2) is 5.36. The van der Waals surface area contributed by atoms with E-state index in [4.69, 9.17) is 0 Å². The zero-order valence-electron chi connectivity index (χ0n) is 8.27. The summed E-state index contributed by atoms with van der Waals surface area (Å²) in [7, 11) is 3.86. The van der Waals surface area contributed by atoms with Crippen LogP contribution in [0.15, 0.2) is 35.4 Å². The number of benzene rings is 1. The quantitative estimate of drug-likeness (QED) is 0.507. The van der Waals surface area contributed by atoms with Crippen molar-refractivity contribution < 1.29 is 0 Å². The summed E-state index contributed by atoms with van der Waals surface area (Å²) >= 11 is 0. The van der Waals surface area contributed by atoms with Gasteiger partial charge in [-0.2, -0.15) is 5.10 Å². The van der Waals surface area contributed by atoms with Crippen molar-refractivity contribution in [3.8, 4) is 0 Å². The fourth-order valence-corrected chi connectivity index (χ4v) is 1.10. The van der Waals surface area contributed by atoms with Crippen molar-refractivity contribution in [1.82, 2.24) is 5.01 Å². The van der Waals surface area contributed by atoms with Crippen LogP contribution in [-0.2, 0) is 6.42 Å². The summed E-state index contributed by atoms with van der Waals surface area (Å²) in [4.78, 5) is 0. The maximum atomic E-state index is 4.15. The summed E-state index contributed by atoms with van der Waals surface area (Å²) in [6.07, 6.45) is 4.02. The maximum Gasteiger partial charge on any atom is 0.0248 e. The highest BCUT2D eigenvalue weighted by atomic mass is 15.4. The molecule has 0 radical (unpaired) electrons. The highest BCUT2D eigenvalue weighted by Crippen LogP contribution is 2.00. The molecule has 2 nitrogen and oxygen atoms in total. The molecule has 1 rings (SSSR count). The lowest BCUT2D eigenvalue weighted by atomic mass is 10.1. The Kier molecular flexibility index (Phi) is 4.03. The average Bonchev–Trinajstić information content (AvgIpc) is 2.14. The van der Waals surface area contributed by atoms with E-state index in [1.54, 1.807) is 0 Å². The summed E-state index contributed by atoms with van der Waals surface area (Å²) in [6, 6.07) is 10.5. The monoisotopic (exact) mass is 176 g/mol. The molecule has 0 spiro atoms. The van der Waals surface area contributed by atoms with E-state index in [1.165, 1.54) is 5.56 Å². The van der Waals surface area contributed by atoms with Gasteiger partial charge in [0, 0.05) is 20.3 Å². The zero-order valence-corrected chi connectivity index (χ0v) is 8.27. The van der Waals surface area contributed by atoms with Gasteiger partial charge >= 0.3 is 0 Å². The van der Waals surface area contributed by atoms with Crippen LogP contribution in [-0.4, -0.2) is 25.3 Å². The lowest BCUT2D eigenvalue weighted by Crippen LogP contribution is -2.01. The molecular weight excluding hydrogens is 160 g/mol. The number of hydrazone groups is 1. The van der Waals surface area contributed by atoms with Crippen LogP contribution in [0.1, 0.15) is 12.0 Å². The van der Waals surface area contributed by atoms with Crippen molar-refractivity contribution in [2.45, 2.75) is 12.8 Å². The van der Waals surface area contributed by atoms with E-state index >= 15 is 0 Å². The molecule has 70 valence electrons. The first kappa shape index (κ1) is 9.78. The minimum Gasteiger partial charge on any atom is -0.303 e. The van der Waals surface area contributed by atoms with Gasteiger partial charge in [0.15, 0.2) is 0 Å². The fourth-order valence-electron chi connectivity index (χ4n) is 1.10. The summed E-state index contributed by atoms with van der Waals surface area (Å²) in [5.41, 5.74) is 1.37. The normalized spacial score (nSPS) is 10.6. The van der Waals surface area contributed by atoms with Crippen LogP contribution in [0.2, 0.25) is 0 Å². The molecule has 0 amide bonds. The molecule has 0 unspecified atom stereocenters. The molecule has 0 N–H and O–H groups in total. The fraction of sp³-hybridized carbons (Fsp3) is 0.364. The van der Waals surface area contributed by atoms with Crippen LogP contribution < -0.4 is 0 Å². The summed E-state index contributed by atoms with van der Waals surface area (Å²) in [6.45, 7) is 0. The summed E-state index contributed by atoms with van der Waals surface area (Å²) in [5.74, 6) is 0. The maximum absolute atomic E-state index is 4.15. The number of nitrogens with zero attached hydrogens (tertiary/aromatic N) is 2. The van der Waals surface area contributed by atoms with E-state index in [0.717, 1.165) is 12.8 Å². The minimum atomic E-state index is 1.00. The molecule has 0 aromatic heterocycles. The van der Waals surface area contributed by atoms with Crippen LogP contribution in [0.25, 0.3) is 0 Å². The number of hydrogen-bond donors (Lipinski definition) is 0. The predicted molar refractivity (Wildman–Crippen MR) is 56.9 cm³/mol. The zero-order chi connectivity index (χ0) is 9.52. The molecule has 0 aliphatic carbocycles. The highest BCUT2D eigenvalue weighted by Gasteiger charge is 1.88. The van der Waals surface area contributed by atoms with Crippen molar-refractivity contribution in [1.29, 1.82) is 0 Å². The van der Waals surface area contributed by atoms with Gasteiger partial charge in [0.25, 0.3) is 0 Å². The third kappa shape index (κ3) is 4.31. The molecule has 0 fully saturated rings. The van der Waals surface area contributed by atoms with Gasteiger partial charge in [0.2, 0.25) is 0 Å². The Hall–Kier alpha value is -1.31. The molecule has 0 bridgehead atoms. The molecule has 0 aliphatic rings. The van der Waals surface area contributed by atoms with E-state index < -0.39 is 0 Å². The van der Waals surface area contributed by atoms with Gasteiger partial charge in [-0.05, 0) is 18.4 Å². The largest absolute Gasteiger partial charge is 0.303 e. The molecule has 2 heteroatoms. The first-order valence-corrected chi connectivity index (χ1v) is 4.53. The molecule has 0 saturated carbocycles. The second-order valence-electron chi connectivity index (χ2n) is 3.17. The smallest absolute Gasteiger partial charge is 0.0248 e. The van der Waals surface area contributed by atoms with Crippen LogP contribution >= 0.6 is 0 Å². The van der Waals surface area contributed by atoms with Crippen LogP contribution in [0.4, 0.5) is 0 Å². The number of hydrogen-bond acceptors (Lipinski definition) is 2. The van der Waals surface area contributed by atoms with E-state index in [9.17, 15) is 0 Å². The van der Waals surface area contributed by atoms with Crippen molar-refractivity contribution in [3.05, 3.63) is 35.9 Å². The first-order chi connectivity index (χ1) is 6.29. The molecular formula is C11H16N2. The van der Waals surface area contributed by atoms with Crippen LogP contribution in [0, 0.1) is 0 Å². The van der Waals surface area contributed by atoms with Gasteiger partial charge in [-0.25, -0.2) is 0 Å². The molecule has 1 aromatic rings. The first-order valence-electron chi connectivity index (χ1n) is 4.53. The van der Waals surface area contributed by atoms with Crippen molar-refractivity contribution in [3.63, 3.8) is 0 Å². The third-order valence-corrected chi connectivity index (χ3v) is 1.72. The van der Waals surface area contributed by atoms with Gasteiger partial charge in [-0.3, -0.25) is 0 Å². The number of rotatable bonds is 4. The Morgan fingerprint density at radius 1 is 1.23 bits per heavy atom. The van der Waals surface area contributed by atoms with Crippen molar-refractivity contribution >= 4 is 6.21 Å². The molecule has 0 heterocycles. The third-order valence-electron chi connectivity index (χ3n) is 1.72. The lowest BCUT2D eigenvalue weighted by Gasteiger charge is -2.02. The van der Waals surface area contributed by atoms with Crippen molar-refractivity contribution in [2.75, 3.05) is 14.1 Å². The molecule has 13 heavy (non-hydrogen) atoms. The Labute approximate surface area is 79.9 Å². The SMILES string of the molecule is CN(C)/N=C/CCc1ccccc1. The van der Waals surface area contributed by atoms with Crippen molar-refractivity contribution in [2.24, 2.45) is 5.10 Å². The van der Waals surface area contributed by atoms with Gasteiger partial charge in [0.1, 0.15) is 0 Å². The van der Waals surface area contributed by atoms with E-state index in [1.807, 2.05) is 31.4 Å². The van der Waals surface area contributed by atoms with Gasteiger partial charge in [-0.15, -0.1) is 0 Å². The lowest BCUT2D eigenvalue weighted by molar-refractivity contribution is 0.439. The Balaban J connectivity index is 2.28. The van der Waals surface area contributed by atoms with Gasteiger partial charge < -0.3 is 5.01 Å². The summed E-state index contributed by atoms with van der Waals surface area (Å²) in [5, 5.41) is 5.96. The van der Waals surface area contributed by atoms with E-state index in [-0.39, 0.29) is 0 Å². The molecule has 1 aromatic carbocycles. The van der Waals surface area contributed by atoms with Gasteiger partial charge in [-0.1, -0.05) is 30.3 Å². The average molecular weight is 176 g/mol. The van der Waals surface area contributed by atoms with Crippen LogP contribution in [0.5, 0.6) is 0 Å². The highest BCUT2D eigenvalue weighted by molar-refractivity contribution is 5.57. The second-order valence-corrected chi connectivity index (χ2v) is 3.17.